The summed E-state index contributed by atoms with van der Waals surface area (Å²) in [7, 11) is 1.58. The first kappa shape index (κ1) is 14.8. The van der Waals surface area contributed by atoms with Crippen LogP contribution in [0.2, 0.25) is 0 Å². The molecule has 0 spiro atoms. The van der Waals surface area contributed by atoms with Crippen LogP contribution in [-0.4, -0.2) is 18.1 Å². The van der Waals surface area contributed by atoms with Gasteiger partial charge >= 0.3 is 0 Å². The quantitative estimate of drug-likeness (QED) is 0.810. The molecule has 0 aliphatic carbocycles. The van der Waals surface area contributed by atoms with Crippen LogP contribution in [0.5, 0.6) is 5.75 Å². The lowest BCUT2D eigenvalue weighted by Crippen LogP contribution is -2.19. The van der Waals surface area contributed by atoms with Crippen LogP contribution in [0.4, 0.5) is 10.1 Å². The molecule has 5 heteroatoms. The number of phenolic OH excluding ortho intramolecular Hbond substituents is 1. The minimum Gasteiger partial charge on any atom is -0.505 e. The number of rotatable bonds is 4. The summed E-state index contributed by atoms with van der Waals surface area (Å²) in [5.41, 5.74) is 2.60. The van der Waals surface area contributed by atoms with Gasteiger partial charge in [-0.15, -0.1) is 0 Å². The molecule has 0 radical (unpaired) electrons. The molecule has 0 saturated carbocycles. The molecule has 21 heavy (non-hydrogen) atoms. The smallest absolute Gasteiger partial charge is 0.251 e. The van der Waals surface area contributed by atoms with Gasteiger partial charge in [-0.25, -0.2) is 4.39 Å². The van der Waals surface area contributed by atoms with Crippen molar-refractivity contribution in [2.45, 2.75) is 13.5 Å². The number of amides is 1. The van der Waals surface area contributed by atoms with E-state index in [1.807, 2.05) is 13.0 Å². The van der Waals surface area contributed by atoms with Crippen molar-refractivity contribution < 1.29 is 14.3 Å². The fourth-order valence-corrected chi connectivity index (χ4v) is 2.10. The fourth-order valence-electron chi connectivity index (χ4n) is 2.10. The van der Waals surface area contributed by atoms with E-state index in [1.54, 1.807) is 31.3 Å². The molecule has 0 atom stereocenters. The van der Waals surface area contributed by atoms with Crippen LogP contribution in [0.1, 0.15) is 21.5 Å². The third-order valence-electron chi connectivity index (χ3n) is 3.35. The number of benzene rings is 2. The van der Waals surface area contributed by atoms with Crippen molar-refractivity contribution in [2.75, 3.05) is 12.4 Å². The van der Waals surface area contributed by atoms with E-state index in [-0.39, 0.29) is 18.2 Å². The average molecular weight is 288 g/mol. The number of halogens is 1. The lowest BCUT2D eigenvalue weighted by atomic mass is 10.1. The lowest BCUT2D eigenvalue weighted by molar-refractivity contribution is 0.0962. The highest BCUT2D eigenvalue weighted by Gasteiger charge is 2.11. The van der Waals surface area contributed by atoms with Crippen molar-refractivity contribution in [3.05, 3.63) is 58.9 Å². The Morgan fingerprint density at radius 3 is 2.67 bits per heavy atom. The first-order chi connectivity index (χ1) is 10.0. The molecule has 0 aromatic heterocycles. The summed E-state index contributed by atoms with van der Waals surface area (Å²) >= 11 is 0. The normalized spacial score (nSPS) is 10.2. The number of hydrogen-bond acceptors (Lipinski definition) is 3. The third kappa shape index (κ3) is 3.13. The predicted molar refractivity (Wildman–Crippen MR) is 80.0 cm³/mol. The van der Waals surface area contributed by atoms with E-state index in [0.717, 1.165) is 11.3 Å². The van der Waals surface area contributed by atoms with Gasteiger partial charge in [-0.2, -0.15) is 0 Å². The molecule has 110 valence electrons. The highest BCUT2D eigenvalue weighted by molar-refractivity contribution is 5.96. The summed E-state index contributed by atoms with van der Waals surface area (Å²) in [4.78, 5) is 11.7. The second-order valence-electron chi connectivity index (χ2n) is 4.66. The van der Waals surface area contributed by atoms with E-state index in [9.17, 15) is 14.3 Å². The lowest BCUT2D eigenvalue weighted by Gasteiger charge is -2.13. The Hall–Kier alpha value is -2.56. The highest BCUT2D eigenvalue weighted by Crippen LogP contribution is 2.24. The van der Waals surface area contributed by atoms with Crippen LogP contribution < -0.4 is 10.6 Å². The Bertz CT molecular complexity index is 671. The van der Waals surface area contributed by atoms with Gasteiger partial charge in [-0.1, -0.05) is 18.2 Å². The Kier molecular flexibility index (Phi) is 4.42. The van der Waals surface area contributed by atoms with Crippen LogP contribution in [0.3, 0.4) is 0 Å². The Labute approximate surface area is 122 Å². The number of phenols is 1. The van der Waals surface area contributed by atoms with Crippen molar-refractivity contribution >= 4 is 11.6 Å². The van der Waals surface area contributed by atoms with E-state index in [0.29, 0.717) is 11.1 Å². The summed E-state index contributed by atoms with van der Waals surface area (Å²) in [6.07, 6.45) is 0. The van der Waals surface area contributed by atoms with Crippen LogP contribution >= 0.6 is 0 Å². The number of aromatic hydroxyl groups is 1. The van der Waals surface area contributed by atoms with Gasteiger partial charge in [0.1, 0.15) is 0 Å². The van der Waals surface area contributed by atoms with Crippen molar-refractivity contribution in [1.29, 1.82) is 0 Å². The van der Waals surface area contributed by atoms with Gasteiger partial charge in [0, 0.05) is 30.4 Å². The molecule has 2 rings (SSSR count). The van der Waals surface area contributed by atoms with E-state index in [2.05, 4.69) is 10.6 Å². The number of nitrogens with one attached hydrogen (secondary N) is 2. The van der Waals surface area contributed by atoms with Crippen molar-refractivity contribution in [3.63, 3.8) is 0 Å². The number of para-hydroxylation sites is 1. The fraction of sp³-hybridized carbons (Fsp3) is 0.188. The molecule has 0 fully saturated rings. The summed E-state index contributed by atoms with van der Waals surface area (Å²) < 4.78 is 13.3. The number of anilines is 1. The molecule has 4 nitrogen and oxygen atoms in total. The Balaban J connectivity index is 2.21. The van der Waals surface area contributed by atoms with Gasteiger partial charge in [0.05, 0.1) is 0 Å². The van der Waals surface area contributed by atoms with Crippen LogP contribution in [-0.2, 0) is 6.54 Å². The summed E-state index contributed by atoms with van der Waals surface area (Å²) in [6, 6.07) is 9.72. The maximum absolute atomic E-state index is 13.3. The first-order valence-corrected chi connectivity index (χ1v) is 6.56. The molecule has 0 unspecified atom stereocenters. The van der Waals surface area contributed by atoms with E-state index >= 15 is 0 Å². The van der Waals surface area contributed by atoms with Gasteiger partial charge in [-0.05, 0) is 30.7 Å². The van der Waals surface area contributed by atoms with E-state index in [4.69, 9.17) is 0 Å². The van der Waals surface area contributed by atoms with Crippen molar-refractivity contribution in [3.8, 4) is 5.75 Å². The SMILES string of the molecule is CNC(=O)c1cccc(NCc2cccc(F)c2O)c1C. The van der Waals surface area contributed by atoms with E-state index in [1.165, 1.54) is 6.07 Å². The van der Waals surface area contributed by atoms with Crippen LogP contribution in [0, 0.1) is 12.7 Å². The first-order valence-electron chi connectivity index (χ1n) is 6.56. The van der Waals surface area contributed by atoms with Crippen LogP contribution in [0.15, 0.2) is 36.4 Å². The second-order valence-corrected chi connectivity index (χ2v) is 4.66. The van der Waals surface area contributed by atoms with E-state index < -0.39 is 5.82 Å². The number of carbonyl (C=O) groups is 1. The van der Waals surface area contributed by atoms with Crippen molar-refractivity contribution in [2.24, 2.45) is 0 Å². The third-order valence-corrected chi connectivity index (χ3v) is 3.35. The molecule has 0 bridgehead atoms. The zero-order valence-corrected chi connectivity index (χ0v) is 11.9. The van der Waals surface area contributed by atoms with Crippen LogP contribution in [0.25, 0.3) is 0 Å². The largest absolute Gasteiger partial charge is 0.505 e. The zero-order chi connectivity index (χ0) is 15.4. The van der Waals surface area contributed by atoms with Gasteiger partial charge in [0.25, 0.3) is 5.91 Å². The maximum atomic E-state index is 13.3. The number of hydrogen-bond donors (Lipinski definition) is 3. The van der Waals surface area contributed by atoms with Gasteiger partial charge in [0.15, 0.2) is 11.6 Å². The topological polar surface area (TPSA) is 61.4 Å². The predicted octanol–water partition coefficient (Wildman–Crippen LogP) is 2.81. The Morgan fingerprint density at radius 2 is 1.95 bits per heavy atom. The molecule has 0 aliphatic heterocycles. The molecule has 2 aromatic carbocycles. The molecule has 0 aliphatic rings. The molecular weight excluding hydrogens is 271 g/mol. The number of carbonyl (C=O) groups excluding carboxylic acids is 1. The standard InChI is InChI=1S/C16H17FN2O2/c1-10-12(16(21)18-2)6-4-8-14(10)19-9-11-5-3-7-13(17)15(11)20/h3-8,19-20H,9H2,1-2H3,(H,18,21). The van der Waals surface area contributed by atoms with Gasteiger partial charge in [-0.3, -0.25) is 4.79 Å². The van der Waals surface area contributed by atoms with Crippen molar-refractivity contribution in [1.82, 2.24) is 5.32 Å². The van der Waals surface area contributed by atoms with Gasteiger partial charge in [0.2, 0.25) is 0 Å². The maximum Gasteiger partial charge on any atom is 0.251 e. The monoisotopic (exact) mass is 288 g/mol. The molecular formula is C16H17FN2O2. The minimum absolute atomic E-state index is 0.162. The zero-order valence-electron chi connectivity index (χ0n) is 11.9. The summed E-state index contributed by atoms with van der Waals surface area (Å²) in [5.74, 6) is -1.17. The van der Waals surface area contributed by atoms with Gasteiger partial charge < -0.3 is 15.7 Å². The Morgan fingerprint density at radius 1 is 1.24 bits per heavy atom. The molecule has 2 aromatic rings. The minimum atomic E-state index is -0.648. The molecule has 0 heterocycles. The average Bonchev–Trinajstić information content (AvgIpc) is 2.49. The molecule has 3 N–H and O–H groups in total. The summed E-state index contributed by atoms with van der Waals surface area (Å²) in [5, 5.41) is 15.3. The second kappa shape index (κ2) is 6.26. The molecule has 0 saturated heterocycles. The highest BCUT2D eigenvalue weighted by atomic mass is 19.1. The summed E-state index contributed by atoms with van der Waals surface area (Å²) in [6.45, 7) is 2.10. The molecule has 1 amide bonds.